The van der Waals surface area contributed by atoms with Crippen molar-refractivity contribution in [3.8, 4) is 29.4 Å². The largest absolute Gasteiger partial charge is 0.481 e. The number of fused-ring (bicyclic) bond motifs is 1. The number of hydrogen-bond donors (Lipinski definition) is 0. The van der Waals surface area contributed by atoms with Crippen molar-refractivity contribution in [1.29, 1.82) is 0 Å². The molecule has 0 fully saturated rings. The van der Waals surface area contributed by atoms with E-state index in [9.17, 15) is 8.42 Å². The highest BCUT2D eigenvalue weighted by atomic mass is 32.2. The van der Waals surface area contributed by atoms with Crippen LogP contribution >= 0.6 is 12.2 Å². The minimum absolute atomic E-state index is 0.161. The number of ether oxygens (including phenoxy) is 1. The van der Waals surface area contributed by atoms with Gasteiger partial charge in [0.25, 0.3) is 0 Å². The lowest BCUT2D eigenvalue weighted by Gasteiger charge is -2.16. The first-order valence-corrected chi connectivity index (χ1v) is 13.5. The summed E-state index contributed by atoms with van der Waals surface area (Å²) >= 11 is 5.72. The number of aromatic nitrogens is 2. The third-order valence-electron chi connectivity index (χ3n) is 5.79. The Morgan fingerprint density at radius 2 is 1.83 bits per heavy atom. The van der Waals surface area contributed by atoms with Crippen LogP contribution in [-0.4, -0.2) is 30.8 Å². The first kappa shape index (κ1) is 24.6. The zero-order valence-corrected chi connectivity index (χ0v) is 21.5. The van der Waals surface area contributed by atoms with Crippen LogP contribution in [0, 0.1) is 17.1 Å². The van der Waals surface area contributed by atoms with Gasteiger partial charge in [-0.05, 0) is 59.6 Å². The molecule has 1 heterocycles. The molecule has 4 aromatic rings. The molecule has 0 bridgehead atoms. The highest BCUT2D eigenvalue weighted by molar-refractivity contribution is 7.90. The van der Waals surface area contributed by atoms with E-state index >= 15 is 0 Å². The molecule has 0 aliphatic rings. The molecule has 1 aromatic heterocycles. The first-order chi connectivity index (χ1) is 16.7. The fourth-order valence-electron chi connectivity index (χ4n) is 3.93. The fraction of sp³-hybridized carbons (Fsp3) is 0.214. The van der Waals surface area contributed by atoms with Crippen molar-refractivity contribution in [3.05, 3.63) is 82.6 Å². The third kappa shape index (κ3) is 5.45. The summed E-state index contributed by atoms with van der Waals surface area (Å²) in [5.74, 6) is 3.55. The van der Waals surface area contributed by atoms with Gasteiger partial charge in [-0.25, -0.2) is 13.4 Å². The van der Waals surface area contributed by atoms with Crippen LogP contribution in [0.5, 0.6) is 5.75 Å². The molecule has 7 heteroatoms. The summed E-state index contributed by atoms with van der Waals surface area (Å²) in [6.45, 7) is 4.85. The fourth-order valence-corrected chi connectivity index (χ4v) is 4.88. The van der Waals surface area contributed by atoms with Gasteiger partial charge in [0.05, 0.1) is 22.7 Å². The zero-order valence-electron chi connectivity index (χ0n) is 19.9. The second kappa shape index (κ2) is 10.0. The number of terminal acetylenes is 1. The van der Waals surface area contributed by atoms with E-state index in [4.69, 9.17) is 28.4 Å². The minimum atomic E-state index is -3.32. The Labute approximate surface area is 211 Å². The molecule has 0 unspecified atom stereocenters. The summed E-state index contributed by atoms with van der Waals surface area (Å²) in [7, 11) is -3.32. The van der Waals surface area contributed by atoms with Gasteiger partial charge < -0.3 is 9.30 Å². The maximum Gasteiger partial charge on any atom is 0.200 e. The molecule has 5 nitrogen and oxygen atoms in total. The Morgan fingerprint density at radius 1 is 1.09 bits per heavy atom. The standard InChI is InChI=1S/C28H26N2O3S2/c1-5-15-33-23-13-14-26-25(17-23)27(22-11-9-21(10-12-22)19(2)3)29-28(34)30(26)18-20-7-6-8-24(16-20)35(4,31)32/h1,6-14,16-17,19H,15,18H2,2-4H3. The van der Waals surface area contributed by atoms with Gasteiger partial charge in [-0.1, -0.05) is 56.2 Å². The van der Waals surface area contributed by atoms with Crippen molar-refractivity contribution in [2.75, 3.05) is 12.9 Å². The summed E-state index contributed by atoms with van der Waals surface area (Å²) in [5, 5.41) is 0.865. The van der Waals surface area contributed by atoms with Crippen LogP contribution in [0.1, 0.15) is 30.9 Å². The van der Waals surface area contributed by atoms with E-state index in [0.717, 1.165) is 27.7 Å². The van der Waals surface area contributed by atoms with Crippen LogP contribution in [0.4, 0.5) is 0 Å². The molecule has 35 heavy (non-hydrogen) atoms. The second-order valence-electron chi connectivity index (χ2n) is 8.70. The van der Waals surface area contributed by atoms with E-state index in [-0.39, 0.29) is 11.5 Å². The molecule has 0 aliphatic heterocycles. The summed E-state index contributed by atoms with van der Waals surface area (Å²) in [6.07, 6.45) is 6.57. The maximum absolute atomic E-state index is 12.0. The van der Waals surface area contributed by atoms with Gasteiger partial charge in [-0.15, -0.1) is 6.42 Å². The second-order valence-corrected chi connectivity index (χ2v) is 11.1. The smallest absolute Gasteiger partial charge is 0.200 e. The van der Waals surface area contributed by atoms with Gasteiger partial charge in [0.15, 0.2) is 9.84 Å². The molecule has 0 saturated carbocycles. The molecule has 4 rings (SSSR count). The van der Waals surface area contributed by atoms with Gasteiger partial charge >= 0.3 is 0 Å². The molecule has 0 saturated heterocycles. The number of sulfone groups is 1. The van der Waals surface area contributed by atoms with E-state index in [1.807, 2.05) is 28.8 Å². The highest BCUT2D eigenvalue weighted by Gasteiger charge is 2.14. The van der Waals surface area contributed by atoms with Gasteiger partial charge in [0, 0.05) is 17.2 Å². The molecular formula is C28H26N2O3S2. The molecule has 3 aromatic carbocycles. The molecule has 0 radical (unpaired) electrons. The van der Waals surface area contributed by atoms with E-state index < -0.39 is 9.84 Å². The van der Waals surface area contributed by atoms with Crippen molar-refractivity contribution in [2.45, 2.75) is 31.2 Å². The van der Waals surface area contributed by atoms with Crippen LogP contribution in [0.3, 0.4) is 0 Å². The quantitative estimate of drug-likeness (QED) is 0.228. The van der Waals surface area contributed by atoms with Gasteiger partial charge in [0.1, 0.15) is 12.4 Å². The van der Waals surface area contributed by atoms with E-state index in [1.54, 1.807) is 18.2 Å². The Balaban J connectivity index is 1.88. The molecular weight excluding hydrogens is 476 g/mol. The topological polar surface area (TPSA) is 61.2 Å². The summed E-state index contributed by atoms with van der Waals surface area (Å²) < 4.78 is 32.1. The van der Waals surface area contributed by atoms with Crippen molar-refractivity contribution >= 4 is 33.0 Å². The van der Waals surface area contributed by atoms with Crippen LogP contribution in [0.25, 0.3) is 22.2 Å². The SMILES string of the molecule is C#CCOc1ccc2c(c1)c(-c1ccc(C(C)C)cc1)nc(=S)n2Cc1cccc(S(C)(=O)=O)c1. The predicted octanol–water partition coefficient (Wildman–Crippen LogP) is 6.02. The highest BCUT2D eigenvalue weighted by Crippen LogP contribution is 2.31. The van der Waals surface area contributed by atoms with E-state index in [0.29, 0.717) is 23.0 Å². The normalized spacial score (nSPS) is 11.5. The maximum atomic E-state index is 12.0. The Morgan fingerprint density at radius 3 is 2.49 bits per heavy atom. The van der Waals surface area contributed by atoms with E-state index in [1.165, 1.54) is 11.8 Å². The summed E-state index contributed by atoms with van der Waals surface area (Å²) in [5.41, 5.74) is 4.63. The zero-order chi connectivity index (χ0) is 25.2. The summed E-state index contributed by atoms with van der Waals surface area (Å²) in [6, 6.07) is 20.9. The number of hydrogen-bond acceptors (Lipinski definition) is 5. The minimum Gasteiger partial charge on any atom is -0.481 e. The Hall–Kier alpha value is -3.47. The molecule has 0 spiro atoms. The van der Waals surface area contributed by atoms with Gasteiger partial charge in [0.2, 0.25) is 4.77 Å². The molecule has 178 valence electrons. The molecule has 0 amide bonds. The predicted molar refractivity (Wildman–Crippen MR) is 143 cm³/mol. The monoisotopic (exact) mass is 502 g/mol. The number of nitrogens with zero attached hydrogens (tertiary/aromatic N) is 2. The Bertz CT molecular complexity index is 1600. The van der Waals surface area contributed by atoms with Gasteiger partial charge in [-0.3, -0.25) is 0 Å². The van der Waals surface area contributed by atoms with Crippen molar-refractivity contribution < 1.29 is 13.2 Å². The van der Waals surface area contributed by atoms with E-state index in [2.05, 4.69) is 44.0 Å². The van der Waals surface area contributed by atoms with Crippen LogP contribution in [0.15, 0.2) is 71.6 Å². The average Bonchev–Trinajstić information content (AvgIpc) is 2.84. The molecule has 0 atom stereocenters. The summed E-state index contributed by atoms with van der Waals surface area (Å²) in [4.78, 5) is 5.07. The van der Waals surface area contributed by atoms with Crippen LogP contribution in [0.2, 0.25) is 0 Å². The Kier molecular flexibility index (Phi) is 7.06. The van der Waals surface area contributed by atoms with Crippen LogP contribution in [-0.2, 0) is 16.4 Å². The lowest BCUT2D eigenvalue weighted by Crippen LogP contribution is -2.08. The van der Waals surface area contributed by atoms with Crippen LogP contribution < -0.4 is 4.74 Å². The molecule has 0 N–H and O–H groups in total. The van der Waals surface area contributed by atoms with Crippen molar-refractivity contribution in [1.82, 2.24) is 9.55 Å². The lowest BCUT2D eigenvalue weighted by molar-refractivity contribution is 0.371. The van der Waals surface area contributed by atoms with Crippen molar-refractivity contribution in [3.63, 3.8) is 0 Å². The van der Waals surface area contributed by atoms with Crippen molar-refractivity contribution in [2.24, 2.45) is 0 Å². The first-order valence-electron chi connectivity index (χ1n) is 11.2. The molecule has 0 aliphatic carbocycles. The lowest BCUT2D eigenvalue weighted by atomic mass is 9.99. The number of rotatable bonds is 7. The average molecular weight is 503 g/mol. The van der Waals surface area contributed by atoms with Gasteiger partial charge in [-0.2, -0.15) is 0 Å². The number of benzene rings is 3. The third-order valence-corrected chi connectivity index (χ3v) is 7.21.